The highest BCUT2D eigenvalue weighted by molar-refractivity contribution is 5.45. The van der Waals surface area contributed by atoms with Crippen LogP contribution in [0.25, 0.3) is 5.78 Å². The molecule has 2 aromatic heterocycles. The van der Waals surface area contributed by atoms with Gasteiger partial charge in [-0.2, -0.15) is 14.6 Å². The first-order chi connectivity index (χ1) is 13.7. The highest BCUT2D eigenvalue weighted by atomic mass is 16.5. The van der Waals surface area contributed by atoms with Crippen LogP contribution in [0.2, 0.25) is 0 Å². The highest BCUT2D eigenvalue weighted by Crippen LogP contribution is 2.27. The van der Waals surface area contributed by atoms with Crippen molar-refractivity contribution in [2.24, 2.45) is 5.92 Å². The van der Waals surface area contributed by atoms with E-state index in [0.717, 1.165) is 37.1 Å². The van der Waals surface area contributed by atoms with E-state index in [4.69, 9.17) is 4.74 Å². The molecule has 1 aliphatic heterocycles. The smallest absolute Gasteiger partial charge is 0.254 e. The van der Waals surface area contributed by atoms with Gasteiger partial charge in [-0.05, 0) is 37.4 Å². The van der Waals surface area contributed by atoms with Crippen LogP contribution in [-0.4, -0.2) is 51.2 Å². The minimum Gasteiger partial charge on any atom is -0.378 e. The SMILES string of the molecule is COCc1cc(NCC(c2ccccc2)N2CCC(C)CC2)n2ncnc2n1. The van der Waals surface area contributed by atoms with Crippen molar-refractivity contribution in [1.29, 1.82) is 0 Å². The molecule has 1 atom stereocenters. The molecule has 0 spiro atoms. The van der Waals surface area contributed by atoms with Gasteiger partial charge < -0.3 is 10.1 Å². The molecule has 1 saturated heterocycles. The van der Waals surface area contributed by atoms with Crippen LogP contribution in [0.5, 0.6) is 0 Å². The van der Waals surface area contributed by atoms with E-state index in [0.29, 0.717) is 18.4 Å². The van der Waals surface area contributed by atoms with Crippen molar-refractivity contribution in [3.63, 3.8) is 0 Å². The molecular weight excluding hydrogens is 352 g/mol. The number of nitrogens with zero attached hydrogens (tertiary/aromatic N) is 5. The number of rotatable bonds is 7. The zero-order valence-corrected chi connectivity index (χ0v) is 16.6. The Morgan fingerprint density at radius 2 is 2.00 bits per heavy atom. The van der Waals surface area contributed by atoms with E-state index in [2.05, 4.69) is 62.5 Å². The third kappa shape index (κ3) is 4.15. The van der Waals surface area contributed by atoms with Crippen LogP contribution in [0.1, 0.15) is 37.1 Å². The van der Waals surface area contributed by atoms with Crippen molar-refractivity contribution in [3.8, 4) is 0 Å². The van der Waals surface area contributed by atoms with Gasteiger partial charge in [0.2, 0.25) is 0 Å². The first kappa shape index (κ1) is 18.8. The molecule has 0 radical (unpaired) electrons. The number of benzene rings is 1. The summed E-state index contributed by atoms with van der Waals surface area (Å²) in [7, 11) is 1.67. The van der Waals surface area contributed by atoms with Gasteiger partial charge in [0.05, 0.1) is 18.3 Å². The van der Waals surface area contributed by atoms with Gasteiger partial charge in [0.1, 0.15) is 12.1 Å². The average Bonchev–Trinajstić information content (AvgIpc) is 3.19. The van der Waals surface area contributed by atoms with E-state index in [1.54, 1.807) is 11.6 Å². The van der Waals surface area contributed by atoms with E-state index in [-0.39, 0.29) is 0 Å². The Balaban J connectivity index is 1.57. The van der Waals surface area contributed by atoms with E-state index in [9.17, 15) is 0 Å². The number of ether oxygens (including phenoxy) is 1. The lowest BCUT2D eigenvalue weighted by Gasteiger charge is -2.37. The minimum atomic E-state index is 0.311. The van der Waals surface area contributed by atoms with Crippen LogP contribution in [0.15, 0.2) is 42.7 Å². The van der Waals surface area contributed by atoms with Gasteiger partial charge >= 0.3 is 0 Å². The molecule has 7 nitrogen and oxygen atoms in total. The Bertz CT molecular complexity index is 888. The number of likely N-dealkylation sites (tertiary alicyclic amines) is 1. The van der Waals surface area contributed by atoms with Crippen LogP contribution in [-0.2, 0) is 11.3 Å². The summed E-state index contributed by atoms with van der Waals surface area (Å²) < 4.78 is 7.00. The summed E-state index contributed by atoms with van der Waals surface area (Å²) in [5.41, 5.74) is 2.18. The lowest BCUT2D eigenvalue weighted by Crippen LogP contribution is -2.39. The summed E-state index contributed by atoms with van der Waals surface area (Å²) in [4.78, 5) is 11.3. The fourth-order valence-electron chi connectivity index (χ4n) is 3.88. The quantitative estimate of drug-likeness (QED) is 0.679. The topological polar surface area (TPSA) is 67.6 Å². The third-order valence-corrected chi connectivity index (χ3v) is 5.52. The normalized spacial score (nSPS) is 17.1. The summed E-state index contributed by atoms with van der Waals surface area (Å²) >= 11 is 0. The number of piperidine rings is 1. The maximum atomic E-state index is 5.25. The second-order valence-electron chi connectivity index (χ2n) is 7.56. The minimum absolute atomic E-state index is 0.311. The van der Waals surface area contributed by atoms with Gasteiger partial charge in [0.15, 0.2) is 0 Å². The lowest BCUT2D eigenvalue weighted by molar-refractivity contribution is 0.143. The fourth-order valence-corrected chi connectivity index (χ4v) is 3.88. The molecule has 3 heterocycles. The van der Waals surface area contributed by atoms with Gasteiger partial charge in [0, 0.05) is 19.7 Å². The van der Waals surface area contributed by atoms with Crippen molar-refractivity contribution in [1.82, 2.24) is 24.5 Å². The maximum absolute atomic E-state index is 5.25. The second-order valence-corrected chi connectivity index (χ2v) is 7.56. The van der Waals surface area contributed by atoms with Crippen LogP contribution in [0, 0.1) is 5.92 Å². The lowest BCUT2D eigenvalue weighted by atomic mass is 9.95. The number of anilines is 1. The number of nitrogens with one attached hydrogen (secondary N) is 1. The molecule has 0 bridgehead atoms. The zero-order valence-electron chi connectivity index (χ0n) is 16.6. The number of methoxy groups -OCH3 is 1. The summed E-state index contributed by atoms with van der Waals surface area (Å²) in [6.45, 7) is 5.86. The Kier molecular flexibility index (Phi) is 5.83. The van der Waals surface area contributed by atoms with Crippen molar-refractivity contribution in [3.05, 3.63) is 54.0 Å². The Hall–Kier alpha value is -2.51. The molecule has 1 fully saturated rings. The van der Waals surface area contributed by atoms with Crippen LogP contribution in [0.3, 0.4) is 0 Å². The van der Waals surface area contributed by atoms with Gasteiger partial charge in [-0.25, -0.2) is 4.98 Å². The number of hydrogen-bond acceptors (Lipinski definition) is 6. The van der Waals surface area contributed by atoms with Crippen molar-refractivity contribution >= 4 is 11.6 Å². The largest absolute Gasteiger partial charge is 0.378 e. The summed E-state index contributed by atoms with van der Waals surface area (Å²) in [6, 6.07) is 13.1. The average molecular weight is 380 g/mol. The molecule has 0 amide bonds. The van der Waals surface area contributed by atoms with Crippen molar-refractivity contribution in [2.75, 3.05) is 32.1 Å². The molecular formula is C21H28N6O. The highest BCUT2D eigenvalue weighted by Gasteiger charge is 2.24. The molecule has 1 aromatic carbocycles. The van der Waals surface area contributed by atoms with E-state index in [1.165, 1.54) is 24.7 Å². The van der Waals surface area contributed by atoms with E-state index < -0.39 is 0 Å². The third-order valence-electron chi connectivity index (χ3n) is 5.52. The number of hydrogen-bond donors (Lipinski definition) is 1. The first-order valence-corrected chi connectivity index (χ1v) is 9.96. The van der Waals surface area contributed by atoms with Gasteiger partial charge in [0.25, 0.3) is 5.78 Å². The van der Waals surface area contributed by atoms with Gasteiger partial charge in [-0.15, -0.1) is 0 Å². The Morgan fingerprint density at radius 1 is 1.21 bits per heavy atom. The Labute approximate surface area is 165 Å². The molecule has 0 saturated carbocycles. The first-order valence-electron chi connectivity index (χ1n) is 9.96. The Morgan fingerprint density at radius 3 is 2.75 bits per heavy atom. The molecule has 3 aromatic rings. The number of fused-ring (bicyclic) bond motifs is 1. The van der Waals surface area contributed by atoms with Crippen LogP contribution in [0.4, 0.5) is 5.82 Å². The van der Waals surface area contributed by atoms with E-state index >= 15 is 0 Å². The predicted molar refractivity (Wildman–Crippen MR) is 109 cm³/mol. The molecule has 28 heavy (non-hydrogen) atoms. The van der Waals surface area contributed by atoms with Crippen molar-refractivity contribution < 1.29 is 4.74 Å². The molecule has 148 valence electrons. The fraction of sp³-hybridized carbons (Fsp3) is 0.476. The van der Waals surface area contributed by atoms with Gasteiger partial charge in [-0.1, -0.05) is 37.3 Å². The van der Waals surface area contributed by atoms with Crippen LogP contribution < -0.4 is 5.32 Å². The molecule has 0 aliphatic carbocycles. The molecule has 4 rings (SSSR count). The summed E-state index contributed by atoms with van der Waals surface area (Å²) in [5, 5.41) is 7.92. The zero-order chi connectivity index (χ0) is 19.3. The molecule has 7 heteroatoms. The summed E-state index contributed by atoms with van der Waals surface area (Å²) in [6.07, 6.45) is 4.04. The molecule has 1 aliphatic rings. The molecule has 1 N–H and O–H groups in total. The van der Waals surface area contributed by atoms with Gasteiger partial charge in [-0.3, -0.25) is 4.90 Å². The maximum Gasteiger partial charge on any atom is 0.254 e. The molecule has 1 unspecified atom stereocenters. The predicted octanol–water partition coefficient (Wildman–Crippen LogP) is 3.16. The van der Waals surface area contributed by atoms with E-state index in [1.807, 2.05) is 6.07 Å². The standard InChI is InChI=1S/C21H28N6O/c1-16-8-10-26(11-9-16)19(17-6-4-3-5-7-17)13-22-20-12-18(14-28-2)25-21-23-15-24-27(20)21/h3-7,12,15-16,19,22H,8-11,13-14H2,1-2H3. The second kappa shape index (κ2) is 8.67. The summed E-state index contributed by atoms with van der Waals surface area (Å²) in [5.74, 6) is 2.29. The monoisotopic (exact) mass is 380 g/mol. The van der Waals surface area contributed by atoms with Crippen molar-refractivity contribution in [2.45, 2.75) is 32.4 Å². The van der Waals surface area contributed by atoms with Crippen LogP contribution >= 0.6 is 0 Å². The number of aromatic nitrogens is 4.